The van der Waals surface area contributed by atoms with Gasteiger partial charge in [0.2, 0.25) is 0 Å². The summed E-state index contributed by atoms with van der Waals surface area (Å²) < 4.78 is 5.86. The molecule has 0 saturated carbocycles. The molecule has 0 bridgehead atoms. The molecule has 148 valence electrons. The van der Waals surface area contributed by atoms with Crippen LogP contribution in [0.15, 0.2) is 42.6 Å². The number of piperazine rings is 1. The number of nitrogens with zero attached hydrogens (tertiary/aromatic N) is 3. The molecule has 0 radical (unpaired) electrons. The predicted octanol–water partition coefficient (Wildman–Crippen LogP) is 2.52. The summed E-state index contributed by atoms with van der Waals surface area (Å²) >= 11 is 0. The van der Waals surface area contributed by atoms with E-state index < -0.39 is 0 Å². The van der Waals surface area contributed by atoms with Gasteiger partial charge in [0.05, 0.1) is 6.61 Å². The Hall–Kier alpha value is -2.60. The number of para-hydroxylation sites is 1. The lowest BCUT2D eigenvalue weighted by molar-refractivity contribution is 0.0664. The van der Waals surface area contributed by atoms with Gasteiger partial charge >= 0.3 is 0 Å². The van der Waals surface area contributed by atoms with E-state index in [1.165, 1.54) is 5.56 Å². The summed E-state index contributed by atoms with van der Waals surface area (Å²) in [6.45, 7) is 4.96. The van der Waals surface area contributed by atoms with Crippen molar-refractivity contribution in [3.63, 3.8) is 0 Å². The maximum atomic E-state index is 12.8. The van der Waals surface area contributed by atoms with Gasteiger partial charge in [-0.25, -0.2) is 4.98 Å². The van der Waals surface area contributed by atoms with E-state index in [-0.39, 0.29) is 5.91 Å². The number of ether oxygens (including phenoxy) is 1. The van der Waals surface area contributed by atoms with Crippen LogP contribution in [0.25, 0.3) is 0 Å². The van der Waals surface area contributed by atoms with Crippen molar-refractivity contribution in [2.45, 2.75) is 12.8 Å². The summed E-state index contributed by atoms with van der Waals surface area (Å²) in [5, 5.41) is 3.43. The number of aromatic nitrogens is 1. The zero-order chi connectivity index (χ0) is 19.3. The summed E-state index contributed by atoms with van der Waals surface area (Å²) in [6.07, 6.45) is 3.71. The summed E-state index contributed by atoms with van der Waals surface area (Å²) in [6, 6.07) is 11.9. The molecule has 6 nitrogen and oxygen atoms in total. The minimum absolute atomic E-state index is 0.0929. The Morgan fingerprint density at radius 3 is 2.89 bits per heavy atom. The van der Waals surface area contributed by atoms with Gasteiger partial charge < -0.3 is 19.9 Å². The monoisotopic (exact) mass is 380 g/mol. The molecule has 0 spiro atoms. The standard InChI is InChI=1S/C22H28N4O2/c1-25-9-11-26(12-10-25)22(27)19-6-8-23-21(15-19)24-16-17-7-13-28-20-5-3-2-4-18(20)14-17/h2-6,8,15,17H,7,9-14,16H2,1H3,(H,23,24)/t17-/m1/s1. The Labute approximate surface area is 166 Å². The van der Waals surface area contributed by atoms with E-state index in [0.717, 1.165) is 63.7 Å². The molecule has 2 aliphatic rings. The Bertz CT molecular complexity index is 818. The van der Waals surface area contributed by atoms with Gasteiger partial charge in [-0.15, -0.1) is 0 Å². The van der Waals surface area contributed by atoms with Crippen LogP contribution in [0.4, 0.5) is 5.82 Å². The quantitative estimate of drug-likeness (QED) is 0.883. The number of likely N-dealkylation sites (N-methyl/N-ethyl adjacent to an activating group) is 1. The first kappa shape index (κ1) is 18.7. The van der Waals surface area contributed by atoms with E-state index in [4.69, 9.17) is 4.74 Å². The average Bonchev–Trinajstić information content (AvgIpc) is 2.94. The van der Waals surface area contributed by atoms with Gasteiger partial charge in [0.25, 0.3) is 5.91 Å². The van der Waals surface area contributed by atoms with Crippen molar-refractivity contribution in [3.05, 3.63) is 53.7 Å². The van der Waals surface area contributed by atoms with Gasteiger partial charge in [0, 0.05) is 44.5 Å². The molecule has 28 heavy (non-hydrogen) atoms. The third-order valence-electron chi connectivity index (χ3n) is 5.63. The summed E-state index contributed by atoms with van der Waals surface area (Å²) in [5.74, 6) is 2.33. The minimum Gasteiger partial charge on any atom is -0.493 e. The second kappa shape index (κ2) is 8.61. The molecule has 6 heteroatoms. The van der Waals surface area contributed by atoms with Crippen molar-refractivity contribution in [1.82, 2.24) is 14.8 Å². The molecular formula is C22H28N4O2. The summed E-state index contributed by atoms with van der Waals surface area (Å²) in [4.78, 5) is 21.4. The van der Waals surface area contributed by atoms with E-state index in [1.54, 1.807) is 6.20 Å². The lowest BCUT2D eigenvalue weighted by Gasteiger charge is -2.32. The number of amides is 1. The Kier molecular flexibility index (Phi) is 5.76. The first-order valence-corrected chi connectivity index (χ1v) is 10.1. The van der Waals surface area contributed by atoms with E-state index in [9.17, 15) is 4.79 Å². The van der Waals surface area contributed by atoms with Gasteiger partial charge in [0.1, 0.15) is 11.6 Å². The second-order valence-electron chi connectivity index (χ2n) is 7.72. The molecule has 1 N–H and O–H groups in total. The van der Waals surface area contributed by atoms with E-state index in [2.05, 4.69) is 34.4 Å². The first-order chi connectivity index (χ1) is 13.7. The zero-order valence-electron chi connectivity index (χ0n) is 16.4. The van der Waals surface area contributed by atoms with Crippen LogP contribution < -0.4 is 10.1 Å². The van der Waals surface area contributed by atoms with Crippen molar-refractivity contribution in [3.8, 4) is 5.75 Å². The molecular weight excluding hydrogens is 352 g/mol. The zero-order valence-corrected chi connectivity index (χ0v) is 16.4. The van der Waals surface area contributed by atoms with Crippen LogP contribution >= 0.6 is 0 Å². The maximum Gasteiger partial charge on any atom is 0.254 e. The Morgan fingerprint density at radius 2 is 2.04 bits per heavy atom. The average molecular weight is 380 g/mol. The van der Waals surface area contributed by atoms with Crippen molar-refractivity contribution >= 4 is 11.7 Å². The highest BCUT2D eigenvalue weighted by molar-refractivity contribution is 5.94. The SMILES string of the molecule is CN1CCN(C(=O)c2ccnc(NC[C@@H]3CCOc4ccccc4C3)c2)CC1. The highest BCUT2D eigenvalue weighted by Crippen LogP contribution is 2.26. The number of carbonyl (C=O) groups excluding carboxylic acids is 1. The highest BCUT2D eigenvalue weighted by Gasteiger charge is 2.21. The van der Waals surface area contributed by atoms with Gasteiger partial charge in [-0.3, -0.25) is 4.79 Å². The van der Waals surface area contributed by atoms with E-state index in [0.29, 0.717) is 11.5 Å². The van der Waals surface area contributed by atoms with Crippen LogP contribution in [0, 0.1) is 5.92 Å². The fourth-order valence-corrected chi connectivity index (χ4v) is 3.84. The van der Waals surface area contributed by atoms with E-state index >= 15 is 0 Å². The maximum absolute atomic E-state index is 12.8. The third-order valence-corrected chi connectivity index (χ3v) is 5.63. The van der Waals surface area contributed by atoms with Crippen LogP contribution in [0.1, 0.15) is 22.3 Å². The number of benzene rings is 1. The number of fused-ring (bicyclic) bond motifs is 1. The minimum atomic E-state index is 0.0929. The largest absolute Gasteiger partial charge is 0.493 e. The van der Waals surface area contributed by atoms with Crippen molar-refractivity contribution in [2.75, 3.05) is 51.7 Å². The molecule has 2 aliphatic heterocycles. The first-order valence-electron chi connectivity index (χ1n) is 10.1. The highest BCUT2D eigenvalue weighted by atomic mass is 16.5. The summed E-state index contributed by atoms with van der Waals surface area (Å²) in [7, 11) is 2.09. The van der Waals surface area contributed by atoms with Crippen molar-refractivity contribution in [1.29, 1.82) is 0 Å². The van der Waals surface area contributed by atoms with Crippen LogP contribution in [-0.4, -0.2) is 67.1 Å². The number of hydrogen-bond acceptors (Lipinski definition) is 5. The second-order valence-corrected chi connectivity index (χ2v) is 7.72. The number of rotatable bonds is 4. The lowest BCUT2D eigenvalue weighted by atomic mass is 9.97. The smallest absolute Gasteiger partial charge is 0.254 e. The number of carbonyl (C=O) groups is 1. The predicted molar refractivity (Wildman–Crippen MR) is 110 cm³/mol. The number of nitrogens with one attached hydrogen (secondary N) is 1. The van der Waals surface area contributed by atoms with E-state index in [1.807, 2.05) is 29.2 Å². The molecule has 0 aliphatic carbocycles. The molecule has 3 heterocycles. The van der Waals surface area contributed by atoms with Crippen LogP contribution in [-0.2, 0) is 6.42 Å². The van der Waals surface area contributed by atoms with Crippen LogP contribution in [0.2, 0.25) is 0 Å². The van der Waals surface area contributed by atoms with Crippen molar-refractivity contribution < 1.29 is 9.53 Å². The van der Waals surface area contributed by atoms with Gasteiger partial charge in [-0.1, -0.05) is 18.2 Å². The Morgan fingerprint density at radius 1 is 1.21 bits per heavy atom. The fraction of sp³-hybridized carbons (Fsp3) is 0.455. The Balaban J connectivity index is 1.37. The topological polar surface area (TPSA) is 57.7 Å². The molecule has 1 amide bonds. The number of pyridine rings is 1. The third kappa shape index (κ3) is 4.44. The molecule has 2 aromatic rings. The fourth-order valence-electron chi connectivity index (χ4n) is 3.84. The van der Waals surface area contributed by atoms with Crippen LogP contribution in [0.5, 0.6) is 5.75 Å². The molecule has 0 unspecified atom stereocenters. The molecule has 1 saturated heterocycles. The van der Waals surface area contributed by atoms with Crippen molar-refractivity contribution in [2.24, 2.45) is 5.92 Å². The lowest BCUT2D eigenvalue weighted by Crippen LogP contribution is -2.47. The van der Waals surface area contributed by atoms with Crippen LogP contribution in [0.3, 0.4) is 0 Å². The van der Waals surface area contributed by atoms with Gasteiger partial charge in [-0.2, -0.15) is 0 Å². The van der Waals surface area contributed by atoms with Gasteiger partial charge in [0.15, 0.2) is 0 Å². The molecule has 1 aromatic carbocycles. The van der Waals surface area contributed by atoms with Gasteiger partial charge in [-0.05, 0) is 49.6 Å². The molecule has 1 atom stereocenters. The normalized spacial score (nSPS) is 20.0. The summed E-state index contributed by atoms with van der Waals surface area (Å²) in [5.41, 5.74) is 1.97. The molecule has 4 rings (SSSR count). The number of hydrogen-bond donors (Lipinski definition) is 1. The molecule has 1 fully saturated rings. The number of anilines is 1. The molecule has 1 aromatic heterocycles.